The van der Waals surface area contributed by atoms with Gasteiger partial charge in [0.1, 0.15) is 4.90 Å². The van der Waals surface area contributed by atoms with E-state index in [-0.39, 0.29) is 21.5 Å². The molecule has 1 aromatic heterocycles. The molecule has 0 aliphatic heterocycles. The van der Waals surface area contributed by atoms with Gasteiger partial charge in [-0.15, -0.1) is 0 Å². The Morgan fingerprint density at radius 3 is 2.70 bits per heavy atom. The highest BCUT2D eigenvalue weighted by Gasteiger charge is 2.19. The van der Waals surface area contributed by atoms with Crippen molar-refractivity contribution < 1.29 is 13.2 Å². The molecular formula is C14H13Cl2N3O3S. The molecule has 0 atom stereocenters. The third-order valence-corrected chi connectivity index (χ3v) is 4.94. The zero-order valence-corrected chi connectivity index (χ0v) is 14.1. The molecule has 9 heteroatoms. The van der Waals surface area contributed by atoms with E-state index in [4.69, 9.17) is 23.2 Å². The first-order valence-corrected chi connectivity index (χ1v) is 8.73. The number of nitrogens with zero attached hydrogens (tertiary/aromatic N) is 1. The predicted octanol–water partition coefficient (Wildman–Crippen LogP) is 1.98. The fraction of sp³-hybridized carbons (Fsp3) is 0.143. The third kappa shape index (κ3) is 5.18. The lowest BCUT2D eigenvalue weighted by atomic mass is 10.3. The number of nitrogens with one attached hydrogen (secondary N) is 2. The third-order valence-electron chi connectivity index (χ3n) is 2.82. The number of aromatic nitrogens is 1. The zero-order valence-electron chi connectivity index (χ0n) is 11.8. The lowest BCUT2D eigenvalue weighted by Gasteiger charge is -2.09. The van der Waals surface area contributed by atoms with Gasteiger partial charge in [-0.2, -0.15) is 0 Å². The summed E-state index contributed by atoms with van der Waals surface area (Å²) in [5, 5.41) is 2.84. The van der Waals surface area contributed by atoms with Crippen LogP contribution in [-0.4, -0.2) is 25.9 Å². The number of hydrogen-bond donors (Lipinski definition) is 2. The van der Waals surface area contributed by atoms with Crippen molar-refractivity contribution in [1.29, 1.82) is 0 Å². The Hall–Kier alpha value is -1.67. The van der Waals surface area contributed by atoms with Crippen LogP contribution < -0.4 is 10.0 Å². The van der Waals surface area contributed by atoms with E-state index in [9.17, 15) is 13.2 Å². The molecule has 0 aliphatic rings. The molecule has 2 rings (SSSR count). The standard InChI is InChI=1S/C14H13Cl2N3O3S/c15-11-3-4-12(16)13(6-11)23(21,22)19-9-14(20)18-8-10-2-1-5-17-7-10/h1-7,19H,8-9H2,(H,18,20). The van der Waals surface area contributed by atoms with Crippen LogP contribution >= 0.6 is 23.2 Å². The molecule has 2 N–H and O–H groups in total. The molecule has 0 saturated carbocycles. The van der Waals surface area contributed by atoms with Gasteiger partial charge in [0.15, 0.2) is 0 Å². The summed E-state index contributed by atoms with van der Waals surface area (Å²) in [5.74, 6) is -0.476. The second-order valence-electron chi connectivity index (χ2n) is 4.54. The van der Waals surface area contributed by atoms with Gasteiger partial charge in [-0.1, -0.05) is 29.3 Å². The number of amides is 1. The Labute approximate surface area is 143 Å². The minimum atomic E-state index is -3.93. The van der Waals surface area contributed by atoms with Crippen LogP contribution in [0.2, 0.25) is 10.0 Å². The maximum Gasteiger partial charge on any atom is 0.242 e. The highest BCUT2D eigenvalue weighted by molar-refractivity contribution is 7.89. The molecule has 0 saturated heterocycles. The highest BCUT2D eigenvalue weighted by atomic mass is 35.5. The molecule has 2 aromatic rings. The van der Waals surface area contributed by atoms with Crippen LogP contribution in [0.4, 0.5) is 0 Å². The van der Waals surface area contributed by atoms with Gasteiger partial charge >= 0.3 is 0 Å². The van der Waals surface area contributed by atoms with Gasteiger partial charge in [0.2, 0.25) is 15.9 Å². The molecule has 1 heterocycles. The Morgan fingerprint density at radius 2 is 2.00 bits per heavy atom. The smallest absolute Gasteiger partial charge is 0.242 e. The minimum Gasteiger partial charge on any atom is -0.351 e. The predicted molar refractivity (Wildman–Crippen MR) is 87.7 cm³/mol. The van der Waals surface area contributed by atoms with Gasteiger partial charge in [-0.05, 0) is 29.8 Å². The van der Waals surface area contributed by atoms with Crippen molar-refractivity contribution >= 4 is 39.1 Å². The summed E-state index contributed by atoms with van der Waals surface area (Å²) < 4.78 is 26.5. The molecule has 0 radical (unpaired) electrons. The number of rotatable bonds is 6. The van der Waals surface area contributed by atoms with Crippen molar-refractivity contribution in [2.24, 2.45) is 0 Å². The number of pyridine rings is 1. The first-order chi connectivity index (χ1) is 10.9. The summed E-state index contributed by atoms with van der Waals surface area (Å²) in [6, 6.07) is 7.61. The van der Waals surface area contributed by atoms with Gasteiger partial charge in [-0.25, -0.2) is 13.1 Å². The maximum atomic E-state index is 12.1. The van der Waals surface area contributed by atoms with Crippen LogP contribution in [-0.2, 0) is 21.4 Å². The second kappa shape index (κ2) is 7.74. The molecule has 0 aliphatic carbocycles. The van der Waals surface area contributed by atoms with Crippen LogP contribution in [0.5, 0.6) is 0 Å². The van der Waals surface area contributed by atoms with Crippen LogP contribution in [0.1, 0.15) is 5.56 Å². The van der Waals surface area contributed by atoms with E-state index in [1.165, 1.54) is 18.2 Å². The molecular weight excluding hydrogens is 361 g/mol. The SMILES string of the molecule is O=C(CNS(=O)(=O)c1cc(Cl)ccc1Cl)NCc1cccnc1. The van der Waals surface area contributed by atoms with Gasteiger partial charge in [0, 0.05) is 24.0 Å². The largest absolute Gasteiger partial charge is 0.351 e. The van der Waals surface area contributed by atoms with Crippen LogP contribution in [0, 0.1) is 0 Å². The number of sulfonamides is 1. The first kappa shape index (κ1) is 17.7. The molecule has 122 valence electrons. The lowest BCUT2D eigenvalue weighted by molar-refractivity contribution is -0.120. The van der Waals surface area contributed by atoms with Crippen molar-refractivity contribution in [3.8, 4) is 0 Å². The number of halogens is 2. The summed E-state index contributed by atoms with van der Waals surface area (Å²) in [6.07, 6.45) is 3.23. The number of benzene rings is 1. The first-order valence-electron chi connectivity index (χ1n) is 6.49. The van der Waals surface area contributed by atoms with E-state index in [0.29, 0.717) is 0 Å². The summed E-state index contributed by atoms with van der Waals surface area (Å²) in [4.78, 5) is 15.5. The average molecular weight is 374 g/mol. The second-order valence-corrected chi connectivity index (χ2v) is 7.12. The Bertz CT molecular complexity index is 798. The van der Waals surface area contributed by atoms with Gasteiger partial charge in [0.25, 0.3) is 0 Å². The average Bonchev–Trinajstić information content (AvgIpc) is 2.54. The monoisotopic (exact) mass is 373 g/mol. The van der Waals surface area contributed by atoms with Gasteiger partial charge in [-0.3, -0.25) is 9.78 Å². The van der Waals surface area contributed by atoms with Gasteiger partial charge < -0.3 is 5.32 Å². The molecule has 6 nitrogen and oxygen atoms in total. The summed E-state index contributed by atoms with van der Waals surface area (Å²) in [7, 11) is -3.93. The van der Waals surface area contributed by atoms with Crippen molar-refractivity contribution in [3.63, 3.8) is 0 Å². The maximum absolute atomic E-state index is 12.1. The lowest BCUT2D eigenvalue weighted by Crippen LogP contribution is -2.36. The van der Waals surface area contributed by atoms with Crippen LogP contribution in [0.25, 0.3) is 0 Å². The normalized spacial score (nSPS) is 11.2. The number of hydrogen-bond acceptors (Lipinski definition) is 4. The minimum absolute atomic E-state index is 0.0256. The zero-order chi connectivity index (χ0) is 16.9. The summed E-state index contributed by atoms with van der Waals surface area (Å²) in [5.41, 5.74) is 0.807. The van der Waals surface area contributed by atoms with E-state index in [1.807, 2.05) is 0 Å². The van der Waals surface area contributed by atoms with Crippen molar-refractivity contribution in [2.75, 3.05) is 6.54 Å². The van der Waals surface area contributed by atoms with Crippen LogP contribution in [0.15, 0.2) is 47.6 Å². The Balaban J connectivity index is 1.94. The molecule has 0 bridgehead atoms. The van der Waals surface area contributed by atoms with E-state index in [1.54, 1.807) is 24.5 Å². The number of carbonyl (C=O) groups excluding carboxylic acids is 1. The van der Waals surface area contributed by atoms with E-state index in [2.05, 4.69) is 15.0 Å². The fourth-order valence-electron chi connectivity index (χ4n) is 1.69. The van der Waals surface area contributed by atoms with Crippen molar-refractivity contribution in [3.05, 3.63) is 58.3 Å². The fourth-order valence-corrected chi connectivity index (χ4v) is 3.43. The Morgan fingerprint density at radius 1 is 1.22 bits per heavy atom. The molecule has 1 aromatic carbocycles. The van der Waals surface area contributed by atoms with E-state index >= 15 is 0 Å². The molecule has 0 spiro atoms. The van der Waals surface area contributed by atoms with Gasteiger partial charge in [0.05, 0.1) is 11.6 Å². The molecule has 1 amide bonds. The van der Waals surface area contributed by atoms with Crippen molar-refractivity contribution in [1.82, 2.24) is 15.0 Å². The summed E-state index contributed by atoms with van der Waals surface area (Å²) in [6.45, 7) is -0.155. The Kier molecular flexibility index (Phi) is 5.95. The highest BCUT2D eigenvalue weighted by Crippen LogP contribution is 2.24. The van der Waals surface area contributed by atoms with Crippen molar-refractivity contribution in [2.45, 2.75) is 11.4 Å². The summed E-state index contributed by atoms with van der Waals surface area (Å²) >= 11 is 11.6. The molecule has 23 heavy (non-hydrogen) atoms. The molecule has 0 unspecified atom stereocenters. The van der Waals surface area contributed by atoms with E-state index < -0.39 is 22.5 Å². The van der Waals surface area contributed by atoms with Crippen LogP contribution in [0.3, 0.4) is 0 Å². The number of carbonyl (C=O) groups is 1. The topological polar surface area (TPSA) is 88.2 Å². The quantitative estimate of drug-likeness (QED) is 0.810. The molecule has 0 fully saturated rings. The van der Waals surface area contributed by atoms with E-state index in [0.717, 1.165) is 5.56 Å².